The maximum atomic E-state index is 5.61. The van der Waals surface area contributed by atoms with Gasteiger partial charge in [0.25, 0.3) is 0 Å². The maximum absolute atomic E-state index is 5.61. The van der Waals surface area contributed by atoms with E-state index in [0.29, 0.717) is 12.5 Å². The third-order valence-electron chi connectivity index (χ3n) is 2.30. The van der Waals surface area contributed by atoms with E-state index in [2.05, 4.69) is 37.8 Å². The van der Waals surface area contributed by atoms with Gasteiger partial charge >= 0.3 is 0 Å². The molecule has 13 heavy (non-hydrogen) atoms. The van der Waals surface area contributed by atoms with E-state index in [1.54, 1.807) is 0 Å². The van der Waals surface area contributed by atoms with Gasteiger partial charge in [0.05, 0.1) is 0 Å². The van der Waals surface area contributed by atoms with Crippen LogP contribution in [0.25, 0.3) is 5.57 Å². The average molecular weight is 175 g/mol. The Morgan fingerprint density at radius 2 is 2.23 bits per heavy atom. The molecule has 1 atom stereocenters. The summed E-state index contributed by atoms with van der Waals surface area (Å²) in [6.07, 6.45) is 0. The zero-order valence-corrected chi connectivity index (χ0v) is 8.38. The highest BCUT2D eigenvalue weighted by molar-refractivity contribution is 5.61. The van der Waals surface area contributed by atoms with Gasteiger partial charge in [-0.1, -0.05) is 43.3 Å². The SMILES string of the molecule is C=C(C)c1cccc(C(C)CN)c1. The zero-order chi connectivity index (χ0) is 9.84. The minimum atomic E-state index is 0.430. The van der Waals surface area contributed by atoms with Crippen LogP contribution in [-0.4, -0.2) is 6.54 Å². The van der Waals surface area contributed by atoms with Crippen molar-refractivity contribution in [3.63, 3.8) is 0 Å². The number of hydrogen-bond donors (Lipinski definition) is 1. The molecule has 0 aliphatic carbocycles. The van der Waals surface area contributed by atoms with Gasteiger partial charge in [0.15, 0.2) is 0 Å². The highest BCUT2D eigenvalue weighted by atomic mass is 14.5. The first-order valence-electron chi connectivity index (χ1n) is 4.61. The van der Waals surface area contributed by atoms with Gasteiger partial charge in [0.1, 0.15) is 0 Å². The van der Waals surface area contributed by atoms with E-state index in [4.69, 9.17) is 5.73 Å². The summed E-state index contributed by atoms with van der Waals surface area (Å²) < 4.78 is 0. The lowest BCUT2D eigenvalue weighted by Crippen LogP contribution is -2.08. The molecule has 1 nitrogen and oxygen atoms in total. The summed E-state index contributed by atoms with van der Waals surface area (Å²) in [7, 11) is 0. The number of benzene rings is 1. The molecule has 1 rings (SSSR count). The fourth-order valence-electron chi connectivity index (χ4n) is 1.25. The quantitative estimate of drug-likeness (QED) is 0.751. The molecule has 0 heterocycles. The van der Waals surface area contributed by atoms with Crippen LogP contribution in [0.5, 0.6) is 0 Å². The zero-order valence-electron chi connectivity index (χ0n) is 8.38. The van der Waals surface area contributed by atoms with E-state index < -0.39 is 0 Å². The molecule has 0 spiro atoms. The van der Waals surface area contributed by atoms with E-state index >= 15 is 0 Å². The van der Waals surface area contributed by atoms with E-state index in [1.165, 1.54) is 11.1 Å². The van der Waals surface area contributed by atoms with Crippen molar-refractivity contribution < 1.29 is 0 Å². The van der Waals surface area contributed by atoms with Crippen LogP contribution in [0.3, 0.4) is 0 Å². The van der Waals surface area contributed by atoms with Crippen molar-refractivity contribution >= 4 is 5.57 Å². The van der Waals surface area contributed by atoms with Crippen LogP contribution in [-0.2, 0) is 0 Å². The third-order valence-corrected chi connectivity index (χ3v) is 2.30. The second kappa shape index (κ2) is 4.24. The molecule has 1 heteroatoms. The average Bonchev–Trinajstić information content (AvgIpc) is 2.17. The van der Waals surface area contributed by atoms with Crippen LogP contribution in [0.4, 0.5) is 0 Å². The Kier molecular flexibility index (Phi) is 3.26. The summed E-state index contributed by atoms with van der Waals surface area (Å²) in [5.74, 6) is 0.430. The molecule has 0 radical (unpaired) electrons. The van der Waals surface area contributed by atoms with Crippen LogP contribution < -0.4 is 5.73 Å². The minimum Gasteiger partial charge on any atom is -0.330 e. The summed E-state index contributed by atoms with van der Waals surface area (Å²) in [4.78, 5) is 0. The van der Waals surface area contributed by atoms with Crippen molar-refractivity contribution in [3.05, 3.63) is 42.0 Å². The molecule has 0 saturated carbocycles. The highest BCUT2D eigenvalue weighted by Gasteiger charge is 2.03. The van der Waals surface area contributed by atoms with Crippen molar-refractivity contribution in [2.75, 3.05) is 6.54 Å². The fraction of sp³-hybridized carbons (Fsp3) is 0.333. The van der Waals surface area contributed by atoms with E-state index in [9.17, 15) is 0 Å². The molecule has 2 N–H and O–H groups in total. The lowest BCUT2D eigenvalue weighted by atomic mass is 9.97. The Labute approximate surface area is 80.3 Å². The summed E-state index contributed by atoms with van der Waals surface area (Å²) in [5, 5.41) is 0. The van der Waals surface area contributed by atoms with Gasteiger partial charge in [-0.3, -0.25) is 0 Å². The Balaban J connectivity index is 2.98. The largest absolute Gasteiger partial charge is 0.330 e. The Morgan fingerprint density at radius 1 is 1.54 bits per heavy atom. The lowest BCUT2D eigenvalue weighted by molar-refractivity contribution is 0.774. The molecule has 0 fully saturated rings. The first kappa shape index (κ1) is 10.0. The molecular weight excluding hydrogens is 158 g/mol. The van der Waals surface area contributed by atoms with Gasteiger partial charge in [-0.25, -0.2) is 0 Å². The molecule has 1 aromatic rings. The van der Waals surface area contributed by atoms with Crippen molar-refractivity contribution in [2.24, 2.45) is 5.73 Å². The number of allylic oxidation sites excluding steroid dienone is 1. The van der Waals surface area contributed by atoms with Crippen molar-refractivity contribution in [1.29, 1.82) is 0 Å². The molecule has 70 valence electrons. The van der Waals surface area contributed by atoms with Gasteiger partial charge < -0.3 is 5.73 Å². The first-order valence-corrected chi connectivity index (χ1v) is 4.61. The normalized spacial score (nSPS) is 12.5. The Morgan fingerprint density at radius 3 is 2.77 bits per heavy atom. The molecular formula is C12H17N. The monoisotopic (exact) mass is 175 g/mol. The summed E-state index contributed by atoms with van der Waals surface area (Å²) in [6, 6.07) is 8.42. The van der Waals surface area contributed by atoms with Gasteiger partial charge in [0.2, 0.25) is 0 Å². The highest BCUT2D eigenvalue weighted by Crippen LogP contribution is 2.18. The second-order valence-corrected chi connectivity index (χ2v) is 3.54. The molecule has 0 saturated heterocycles. The van der Waals surface area contributed by atoms with Crippen LogP contribution >= 0.6 is 0 Å². The third kappa shape index (κ3) is 2.43. The number of hydrogen-bond acceptors (Lipinski definition) is 1. The maximum Gasteiger partial charge on any atom is -0.00109 e. The molecule has 1 aromatic carbocycles. The van der Waals surface area contributed by atoms with Gasteiger partial charge in [-0.15, -0.1) is 0 Å². The van der Waals surface area contributed by atoms with Gasteiger partial charge in [0, 0.05) is 0 Å². The van der Waals surface area contributed by atoms with E-state index in [1.807, 2.05) is 6.92 Å². The topological polar surface area (TPSA) is 26.0 Å². The molecule has 0 bridgehead atoms. The van der Waals surface area contributed by atoms with Crippen molar-refractivity contribution in [3.8, 4) is 0 Å². The van der Waals surface area contributed by atoms with Crippen LogP contribution in [0, 0.1) is 0 Å². The number of rotatable bonds is 3. The first-order chi connectivity index (χ1) is 6.15. The Hall–Kier alpha value is -1.08. The minimum absolute atomic E-state index is 0.430. The second-order valence-electron chi connectivity index (χ2n) is 3.54. The molecule has 0 aliphatic heterocycles. The van der Waals surface area contributed by atoms with E-state index in [0.717, 1.165) is 5.57 Å². The number of nitrogens with two attached hydrogens (primary N) is 1. The molecule has 0 aromatic heterocycles. The van der Waals surface area contributed by atoms with Crippen molar-refractivity contribution in [1.82, 2.24) is 0 Å². The Bertz CT molecular complexity index is 302. The lowest BCUT2D eigenvalue weighted by Gasteiger charge is -2.10. The summed E-state index contributed by atoms with van der Waals surface area (Å²) in [5.41, 5.74) is 9.21. The summed E-state index contributed by atoms with van der Waals surface area (Å²) >= 11 is 0. The van der Waals surface area contributed by atoms with Crippen molar-refractivity contribution in [2.45, 2.75) is 19.8 Å². The van der Waals surface area contributed by atoms with Crippen LogP contribution in [0.15, 0.2) is 30.8 Å². The molecule has 0 amide bonds. The van der Waals surface area contributed by atoms with Gasteiger partial charge in [-0.2, -0.15) is 0 Å². The predicted molar refractivity (Wildman–Crippen MR) is 58.6 cm³/mol. The predicted octanol–water partition coefficient (Wildman–Crippen LogP) is 2.78. The fourth-order valence-corrected chi connectivity index (χ4v) is 1.25. The van der Waals surface area contributed by atoms with Crippen LogP contribution in [0.1, 0.15) is 30.9 Å². The summed E-state index contributed by atoms with van der Waals surface area (Å²) in [6.45, 7) is 8.77. The standard InChI is InChI=1S/C12H17N/c1-9(2)11-5-4-6-12(7-11)10(3)8-13/h4-7,10H,1,8,13H2,2-3H3. The van der Waals surface area contributed by atoms with Gasteiger partial charge in [-0.05, 0) is 30.5 Å². The van der Waals surface area contributed by atoms with E-state index in [-0.39, 0.29) is 0 Å². The van der Waals surface area contributed by atoms with Crippen LogP contribution in [0.2, 0.25) is 0 Å². The smallest absolute Gasteiger partial charge is 0.00109 e. The molecule has 0 aliphatic rings. The molecule has 1 unspecified atom stereocenters.